The molecule has 0 atom stereocenters. The first-order valence-corrected chi connectivity index (χ1v) is 5.96. The van der Waals surface area contributed by atoms with Crippen LogP contribution in [0.5, 0.6) is 0 Å². The summed E-state index contributed by atoms with van der Waals surface area (Å²) in [4.78, 5) is 9.52. The molecule has 0 aliphatic carbocycles. The zero-order chi connectivity index (χ0) is 10.3. The summed E-state index contributed by atoms with van der Waals surface area (Å²) in [5.74, 6) is 0.630. The Morgan fingerprint density at radius 1 is 1.40 bits per heavy atom. The largest absolute Gasteiger partial charge is 0.417 e. The maximum atomic E-state index is 5.53. The minimum Gasteiger partial charge on any atom is -0.417 e. The lowest BCUT2D eigenvalue weighted by atomic mass is 10.4. The first kappa shape index (κ1) is 9.06. The molecule has 0 aliphatic rings. The molecule has 0 saturated carbocycles. The van der Waals surface area contributed by atoms with Crippen LogP contribution in [0.15, 0.2) is 38.7 Å². The van der Waals surface area contributed by atoms with Gasteiger partial charge in [0.15, 0.2) is 0 Å². The number of aromatic nitrogens is 2. The van der Waals surface area contributed by atoms with E-state index >= 15 is 0 Å². The van der Waals surface area contributed by atoms with Crippen LogP contribution in [0.1, 0.15) is 0 Å². The van der Waals surface area contributed by atoms with E-state index in [1.807, 2.05) is 23.6 Å². The molecule has 0 radical (unpaired) electrons. The zero-order valence-corrected chi connectivity index (χ0v) is 9.88. The third-order valence-corrected chi connectivity index (χ3v) is 3.24. The Morgan fingerprint density at radius 3 is 3.13 bits per heavy atom. The van der Waals surface area contributed by atoms with Crippen molar-refractivity contribution in [2.75, 3.05) is 0 Å². The molecule has 3 nitrogen and oxygen atoms in total. The summed E-state index contributed by atoms with van der Waals surface area (Å²) in [6, 6.07) is 5.84. The standard InChI is InChI=1S/C10H5BrN2OS/c11-6-4-7-9(12-5-6)14-10(13-7)8-2-1-3-15-8/h1-5H. The van der Waals surface area contributed by atoms with E-state index in [1.54, 1.807) is 17.5 Å². The molecule has 5 heteroatoms. The Balaban J connectivity index is 2.22. The molecule has 0 amide bonds. The summed E-state index contributed by atoms with van der Waals surface area (Å²) in [5.41, 5.74) is 1.34. The number of hydrogen-bond donors (Lipinski definition) is 0. The average molecular weight is 281 g/mol. The summed E-state index contributed by atoms with van der Waals surface area (Å²) in [6.07, 6.45) is 1.70. The minimum atomic E-state index is 0.571. The molecular formula is C10H5BrN2OS. The number of thiophene rings is 1. The molecule has 3 aromatic heterocycles. The molecule has 0 saturated heterocycles. The molecule has 3 rings (SSSR count). The molecule has 74 valence electrons. The van der Waals surface area contributed by atoms with Crippen molar-refractivity contribution in [3.8, 4) is 10.8 Å². The number of hydrogen-bond acceptors (Lipinski definition) is 4. The van der Waals surface area contributed by atoms with Crippen LogP contribution in [0, 0.1) is 0 Å². The van der Waals surface area contributed by atoms with E-state index in [-0.39, 0.29) is 0 Å². The van der Waals surface area contributed by atoms with Crippen LogP contribution in [0.2, 0.25) is 0 Å². The highest BCUT2D eigenvalue weighted by Crippen LogP contribution is 2.27. The number of nitrogens with zero attached hydrogens (tertiary/aromatic N) is 2. The van der Waals surface area contributed by atoms with Gasteiger partial charge in [-0.15, -0.1) is 11.3 Å². The maximum absolute atomic E-state index is 5.53. The van der Waals surface area contributed by atoms with Gasteiger partial charge in [0.05, 0.1) is 4.88 Å². The van der Waals surface area contributed by atoms with Crippen molar-refractivity contribution in [1.82, 2.24) is 9.97 Å². The molecule has 0 N–H and O–H groups in total. The smallest absolute Gasteiger partial charge is 0.247 e. The monoisotopic (exact) mass is 280 g/mol. The van der Waals surface area contributed by atoms with Crippen molar-refractivity contribution >= 4 is 38.5 Å². The fraction of sp³-hybridized carbons (Fsp3) is 0. The van der Waals surface area contributed by atoms with E-state index in [9.17, 15) is 0 Å². The predicted octanol–water partition coefficient (Wildman–Crippen LogP) is 3.71. The molecule has 0 unspecified atom stereocenters. The Labute approximate surface area is 97.9 Å². The normalized spacial score (nSPS) is 11.0. The van der Waals surface area contributed by atoms with Crippen LogP contribution in [0.3, 0.4) is 0 Å². The lowest BCUT2D eigenvalue weighted by Crippen LogP contribution is -1.73. The van der Waals surface area contributed by atoms with E-state index < -0.39 is 0 Å². The van der Waals surface area contributed by atoms with Crippen molar-refractivity contribution in [2.24, 2.45) is 0 Å². The van der Waals surface area contributed by atoms with Crippen LogP contribution in [0.25, 0.3) is 22.0 Å². The summed E-state index contributed by atoms with van der Waals surface area (Å²) in [5, 5.41) is 1.99. The highest BCUT2D eigenvalue weighted by atomic mass is 79.9. The quantitative estimate of drug-likeness (QED) is 0.682. The van der Waals surface area contributed by atoms with Gasteiger partial charge in [0, 0.05) is 10.7 Å². The minimum absolute atomic E-state index is 0.571. The van der Waals surface area contributed by atoms with E-state index in [0.717, 1.165) is 14.9 Å². The number of oxazole rings is 1. The Kier molecular flexibility index (Phi) is 2.07. The van der Waals surface area contributed by atoms with Crippen molar-refractivity contribution in [3.05, 3.63) is 34.2 Å². The molecule has 0 aromatic carbocycles. The third kappa shape index (κ3) is 1.57. The van der Waals surface area contributed by atoms with Crippen molar-refractivity contribution < 1.29 is 4.42 Å². The second kappa shape index (κ2) is 3.43. The number of rotatable bonds is 1. The topological polar surface area (TPSA) is 38.9 Å². The molecule has 15 heavy (non-hydrogen) atoms. The lowest BCUT2D eigenvalue weighted by molar-refractivity contribution is 0.609. The van der Waals surface area contributed by atoms with Gasteiger partial charge in [0.1, 0.15) is 5.52 Å². The first-order chi connectivity index (χ1) is 7.33. The van der Waals surface area contributed by atoms with E-state index in [0.29, 0.717) is 11.6 Å². The first-order valence-electron chi connectivity index (χ1n) is 4.29. The van der Waals surface area contributed by atoms with Gasteiger partial charge in [-0.2, -0.15) is 0 Å². The summed E-state index contributed by atoms with van der Waals surface area (Å²) >= 11 is 4.95. The number of halogens is 1. The Hall–Kier alpha value is -1.20. The van der Waals surface area contributed by atoms with Crippen molar-refractivity contribution in [3.63, 3.8) is 0 Å². The van der Waals surface area contributed by atoms with Gasteiger partial charge in [-0.1, -0.05) is 6.07 Å². The van der Waals surface area contributed by atoms with Crippen LogP contribution in [-0.4, -0.2) is 9.97 Å². The summed E-state index contributed by atoms with van der Waals surface area (Å²) in [6.45, 7) is 0. The second-order valence-corrected chi connectivity index (χ2v) is 4.84. The second-order valence-electron chi connectivity index (χ2n) is 2.97. The number of pyridine rings is 1. The Morgan fingerprint density at radius 2 is 2.33 bits per heavy atom. The van der Waals surface area contributed by atoms with Gasteiger partial charge in [0.25, 0.3) is 0 Å². The summed E-state index contributed by atoms with van der Waals surface area (Å²) < 4.78 is 6.44. The van der Waals surface area contributed by atoms with Gasteiger partial charge >= 0.3 is 0 Å². The van der Waals surface area contributed by atoms with Crippen LogP contribution in [0.4, 0.5) is 0 Å². The zero-order valence-electron chi connectivity index (χ0n) is 7.48. The molecule has 0 bridgehead atoms. The fourth-order valence-corrected chi connectivity index (χ4v) is 2.27. The SMILES string of the molecule is Brc1cnc2oc(-c3cccs3)nc2c1. The molecule has 0 fully saturated rings. The molecular weight excluding hydrogens is 276 g/mol. The van der Waals surface area contributed by atoms with Crippen LogP contribution >= 0.6 is 27.3 Å². The van der Waals surface area contributed by atoms with Crippen LogP contribution in [-0.2, 0) is 0 Å². The summed E-state index contributed by atoms with van der Waals surface area (Å²) in [7, 11) is 0. The van der Waals surface area contributed by atoms with E-state index in [4.69, 9.17) is 4.42 Å². The number of fused-ring (bicyclic) bond motifs is 1. The van der Waals surface area contributed by atoms with Crippen LogP contribution < -0.4 is 0 Å². The van der Waals surface area contributed by atoms with E-state index in [1.165, 1.54) is 0 Å². The van der Waals surface area contributed by atoms with Crippen molar-refractivity contribution in [2.45, 2.75) is 0 Å². The third-order valence-electron chi connectivity index (χ3n) is 1.95. The van der Waals surface area contributed by atoms with Gasteiger partial charge < -0.3 is 4.42 Å². The van der Waals surface area contributed by atoms with Gasteiger partial charge in [-0.05, 0) is 33.4 Å². The van der Waals surface area contributed by atoms with Gasteiger partial charge in [0.2, 0.25) is 11.6 Å². The fourth-order valence-electron chi connectivity index (χ4n) is 1.30. The van der Waals surface area contributed by atoms with Gasteiger partial charge in [-0.3, -0.25) is 0 Å². The highest BCUT2D eigenvalue weighted by molar-refractivity contribution is 9.10. The molecule has 3 aromatic rings. The molecule has 0 aliphatic heterocycles. The Bertz CT molecular complexity index is 603. The maximum Gasteiger partial charge on any atom is 0.247 e. The average Bonchev–Trinajstić information content (AvgIpc) is 2.84. The molecule has 0 spiro atoms. The molecule has 3 heterocycles. The lowest BCUT2D eigenvalue weighted by Gasteiger charge is -1.85. The highest BCUT2D eigenvalue weighted by Gasteiger charge is 2.09. The van der Waals surface area contributed by atoms with Gasteiger partial charge in [-0.25, -0.2) is 9.97 Å². The van der Waals surface area contributed by atoms with E-state index in [2.05, 4.69) is 25.9 Å². The predicted molar refractivity (Wildman–Crippen MR) is 62.8 cm³/mol. The van der Waals surface area contributed by atoms with Crippen molar-refractivity contribution in [1.29, 1.82) is 0 Å².